The lowest BCUT2D eigenvalue weighted by atomic mass is 10.0. The Hall–Kier alpha value is -0.430. The van der Waals surface area contributed by atoms with Crippen molar-refractivity contribution in [1.82, 2.24) is 0 Å². The maximum Gasteiger partial charge on any atom is 0.447 e. The van der Waals surface area contributed by atoms with Gasteiger partial charge in [-0.2, -0.15) is 39.5 Å². The van der Waals surface area contributed by atoms with E-state index in [-0.39, 0.29) is 6.42 Å². The molecule has 0 rings (SSSR count). The topological polar surface area (TPSA) is 26.3 Å². The number of ether oxygens (including phenoxy) is 1. The highest BCUT2D eigenvalue weighted by Crippen LogP contribution is 2.55. The molecule has 0 aliphatic rings. The van der Waals surface area contributed by atoms with Gasteiger partial charge in [0.15, 0.2) is 0 Å². The van der Waals surface area contributed by atoms with Crippen LogP contribution in [0.15, 0.2) is 0 Å². The zero-order valence-electron chi connectivity index (χ0n) is 9.38. The van der Waals surface area contributed by atoms with Gasteiger partial charge in [-0.1, -0.05) is 29.5 Å². The third-order valence-corrected chi connectivity index (χ3v) is 3.45. The number of esters is 1. The van der Waals surface area contributed by atoms with Gasteiger partial charge in [0.05, 0.1) is 0 Å². The molecule has 120 valence electrons. The maximum absolute atomic E-state index is 12.4. The SMILES string of the molecule is CCC(I)C(=O)OC(C(F)(F)F)(C(F)(F)F)C(F)(F)F. The highest BCUT2D eigenvalue weighted by Gasteiger charge is 2.87. The van der Waals surface area contributed by atoms with Gasteiger partial charge in [-0.3, -0.25) is 4.79 Å². The number of halogens is 10. The molecule has 0 N–H and O–H groups in total. The Balaban J connectivity index is 6.00. The molecule has 12 heteroatoms. The van der Waals surface area contributed by atoms with E-state index in [2.05, 4.69) is 4.74 Å². The molecule has 0 aliphatic carbocycles. The van der Waals surface area contributed by atoms with Crippen LogP contribution in [0.1, 0.15) is 13.3 Å². The van der Waals surface area contributed by atoms with E-state index < -0.39 is 34.0 Å². The molecule has 2 nitrogen and oxygen atoms in total. The molecule has 0 radical (unpaired) electrons. The highest BCUT2D eigenvalue weighted by atomic mass is 127. The summed E-state index contributed by atoms with van der Waals surface area (Å²) in [7, 11) is 0. The number of carbonyl (C=O) groups is 1. The van der Waals surface area contributed by atoms with Crippen molar-refractivity contribution in [2.24, 2.45) is 0 Å². The third kappa shape index (κ3) is 3.42. The molecule has 0 amide bonds. The summed E-state index contributed by atoms with van der Waals surface area (Å²) in [5.41, 5.74) is -6.54. The summed E-state index contributed by atoms with van der Waals surface area (Å²) >= 11 is 1.08. The first-order valence-electron chi connectivity index (χ1n) is 4.69. The first-order valence-corrected chi connectivity index (χ1v) is 5.93. The van der Waals surface area contributed by atoms with E-state index in [9.17, 15) is 44.3 Å². The second-order valence-corrected chi connectivity index (χ2v) is 4.97. The average Bonchev–Trinajstić information content (AvgIpc) is 2.18. The fourth-order valence-electron chi connectivity index (χ4n) is 1.04. The molecule has 0 aromatic rings. The molecule has 1 atom stereocenters. The summed E-state index contributed by atoms with van der Waals surface area (Å²) < 4.78 is 113. The number of rotatable bonds is 3. The molecule has 0 spiro atoms. The fourth-order valence-corrected chi connectivity index (χ4v) is 1.16. The van der Waals surface area contributed by atoms with Crippen LogP contribution in [0.5, 0.6) is 0 Å². The lowest BCUT2D eigenvalue weighted by Gasteiger charge is -2.37. The van der Waals surface area contributed by atoms with Crippen LogP contribution in [0.2, 0.25) is 0 Å². The van der Waals surface area contributed by atoms with Crippen LogP contribution >= 0.6 is 22.6 Å². The van der Waals surface area contributed by atoms with Crippen LogP contribution in [0.25, 0.3) is 0 Å². The predicted molar refractivity (Wildman–Crippen MR) is 55.1 cm³/mol. The van der Waals surface area contributed by atoms with E-state index in [4.69, 9.17) is 0 Å². The first kappa shape index (κ1) is 19.6. The minimum Gasteiger partial charge on any atom is -0.431 e. The summed E-state index contributed by atoms with van der Waals surface area (Å²) in [6.07, 6.45) is -21.0. The molecule has 1 unspecified atom stereocenters. The smallest absolute Gasteiger partial charge is 0.431 e. The summed E-state index contributed by atoms with van der Waals surface area (Å²) in [6, 6.07) is 0. The van der Waals surface area contributed by atoms with Crippen LogP contribution in [0.3, 0.4) is 0 Å². The van der Waals surface area contributed by atoms with Gasteiger partial charge in [0, 0.05) is 0 Å². The van der Waals surface area contributed by atoms with E-state index in [0.717, 1.165) is 22.6 Å². The largest absolute Gasteiger partial charge is 0.447 e. The van der Waals surface area contributed by atoms with E-state index in [0.29, 0.717) is 0 Å². The second kappa shape index (κ2) is 5.75. The summed E-state index contributed by atoms with van der Waals surface area (Å²) in [5.74, 6) is -2.25. The summed E-state index contributed by atoms with van der Waals surface area (Å²) in [6.45, 7) is 1.18. The number of alkyl halides is 10. The van der Waals surface area contributed by atoms with Crippen molar-refractivity contribution in [3.05, 3.63) is 0 Å². The van der Waals surface area contributed by atoms with Gasteiger partial charge in [-0.25, -0.2) is 0 Å². The average molecular weight is 432 g/mol. The van der Waals surface area contributed by atoms with Crippen LogP contribution in [0.4, 0.5) is 39.5 Å². The summed E-state index contributed by atoms with van der Waals surface area (Å²) in [4.78, 5) is 11.0. The first-order chi connectivity index (χ1) is 8.62. The zero-order chi connectivity index (χ0) is 16.6. The molecule has 0 fully saturated rings. The van der Waals surface area contributed by atoms with Gasteiger partial charge in [0.25, 0.3) is 0 Å². The molecule has 0 aromatic heterocycles. The van der Waals surface area contributed by atoms with Gasteiger partial charge < -0.3 is 4.74 Å². The van der Waals surface area contributed by atoms with E-state index in [1.54, 1.807) is 0 Å². The van der Waals surface area contributed by atoms with E-state index >= 15 is 0 Å². The van der Waals surface area contributed by atoms with Gasteiger partial charge in [-0.15, -0.1) is 0 Å². The van der Waals surface area contributed by atoms with Crippen molar-refractivity contribution < 1.29 is 49.0 Å². The Morgan fingerprint density at radius 2 is 1.25 bits per heavy atom. The lowest BCUT2D eigenvalue weighted by Crippen LogP contribution is -2.68. The number of hydrogen-bond acceptors (Lipinski definition) is 2. The minimum atomic E-state index is -6.90. The molecule has 0 saturated heterocycles. The normalized spacial score (nSPS) is 15.9. The van der Waals surface area contributed by atoms with Crippen LogP contribution in [0, 0.1) is 0 Å². The Kier molecular flexibility index (Phi) is 5.63. The third-order valence-electron chi connectivity index (χ3n) is 2.07. The van der Waals surface area contributed by atoms with Crippen molar-refractivity contribution in [1.29, 1.82) is 0 Å². The van der Waals surface area contributed by atoms with E-state index in [1.165, 1.54) is 6.92 Å². The predicted octanol–water partition coefficient (Wildman–Crippen LogP) is 4.17. The Morgan fingerprint density at radius 1 is 0.950 bits per heavy atom. The molecule has 0 heterocycles. The van der Waals surface area contributed by atoms with Gasteiger partial charge in [0.2, 0.25) is 0 Å². The maximum atomic E-state index is 12.4. The lowest BCUT2D eigenvalue weighted by molar-refractivity contribution is -0.446. The standard InChI is InChI=1S/C8H6F9IO2/c1-2-3(18)4(19)20-5(6(9,10)11,7(12,13)14)8(15,16)17/h3H,2H2,1H3. The highest BCUT2D eigenvalue weighted by molar-refractivity contribution is 14.1. The van der Waals surface area contributed by atoms with Gasteiger partial charge >= 0.3 is 30.1 Å². The fraction of sp³-hybridized carbons (Fsp3) is 0.875. The van der Waals surface area contributed by atoms with E-state index in [1.807, 2.05) is 0 Å². The van der Waals surface area contributed by atoms with Crippen molar-refractivity contribution in [2.45, 2.75) is 41.4 Å². The zero-order valence-corrected chi connectivity index (χ0v) is 11.5. The summed E-state index contributed by atoms with van der Waals surface area (Å²) in [5, 5.41) is 0. The minimum absolute atomic E-state index is 0.303. The molecular weight excluding hydrogens is 426 g/mol. The monoisotopic (exact) mass is 432 g/mol. The van der Waals surface area contributed by atoms with Crippen LogP contribution in [-0.4, -0.2) is 34.0 Å². The number of hydrogen-bond donors (Lipinski definition) is 0. The molecule has 0 saturated carbocycles. The molecule has 0 aromatic carbocycles. The van der Waals surface area contributed by atoms with Crippen LogP contribution < -0.4 is 0 Å². The Morgan fingerprint density at radius 3 is 1.45 bits per heavy atom. The molecular formula is C8H6F9IO2. The number of carbonyl (C=O) groups excluding carboxylic acids is 1. The van der Waals surface area contributed by atoms with Crippen molar-refractivity contribution >= 4 is 28.6 Å². The second-order valence-electron chi connectivity index (χ2n) is 3.47. The quantitative estimate of drug-likeness (QED) is 0.290. The Labute approximate surface area is 119 Å². The Bertz CT molecular complexity index is 320. The van der Waals surface area contributed by atoms with Gasteiger partial charge in [0.1, 0.15) is 3.92 Å². The van der Waals surface area contributed by atoms with Gasteiger partial charge in [-0.05, 0) is 6.42 Å². The van der Waals surface area contributed by atoms with Crippen molar-refractivity contribution in [3.8, 4) is 0 Å². The van der Waals surface area contributed by atoms with Crippen molar-refractivity contribution in [2.75, 3.05) is 0 Å². The molecule has 0 aliphatic heterocycles. The van der Waals surface area contributed by atoms with Crippen LogP contribution in [-0.2, 0) is 9.53 Å². The van der Waals surface area contributed by atoms with Crippen molar-refractivity contribution in [3.63, 3.8) is 0 Å². The molecule has 0 bridgehead atoms. The molecule has 20 heavy (non-hydrogen) atoms.